The zero-order chi connectivity index (χ0) is 12.1. The van der Waals surface area contributed by atoms with Crippen LogP contribution >= 0.6 is 0 Å². The summed E-state index contributed by atoms with van der Waals surface area (Å²) < 4.78 is 9.69. The van der Waals surface area contributed by atoms with Crippen LogP contribution in [0.5, 0.6) is 11.5 Å². The molecule has 0 fully saturated rings. The molecule has 0 atom stereocenters. The summed E-state index contributed by atoms with van der Waals surface area (Å²) in [6, 6.07) is 2.57. The van der Waals surface area contributed by atoms with Crippen molar-refractivity contribution in [2.75, 3.05) is 19.5 Å². The molecule has 0 aliphatic heterocycles. The van der Waals surface area contributed by atoms with Crippen molar-refractivity contribution in [3.05, 3.63) is 30.4 Å². The van der Waals surface area contributed by atoms with E-state index in [1.54, 1.807) is 0 Å². The second-order valence-corrected chi connectivity index (χ2v) is 3.00. The van der Waals surface area contributed by atoms with Crippen LogP contribution < -0.4 is 10.5 Å². The highest BCUT2D eigenvalue weighted by molar-refractivity contribution is 5.96. The van der Waals surface area contributed by atoms with Gasteiger partial charge in [-0.2, -0.15) is 0 Å². The number of rotatable bonds is 4. The Hall–Kier alpha value is -2.17. The minimum absolute atomic E-state index is 0.0987. The standard InChI is InChI=1S/C11H13NO4/c1-3-4-16-11(14)7-5-10(15-2)9(13)6-8(7)12/h3,5-6,13H,1,4,12H2,2H3. The summed E-state index contributed by atoms with van der Waals surface area (Å²) >= 11 is 0. The van der Waals surface area contributed by atoms with Crippen molar-refractivity contribution >= 4 is 11.7 Å². The number of nitrogen functional groups attached to an aromatic ring is 1. The first-order valence-electron chi connectivity index (χ1n) is 4.54. The average molecular weight is 223 g/mol. The van der Waals surface area contributed by atoms with Gasteiger partial charge in [-0.3, -0.25) is 0 Å². The molecule has 0 radical (unpaired) electrons. The number of hydrogen-bond acceptors (Lipinski definition) is 5. The van der Waals surface area contributed by atoms with Crippen molar-refractivity contribution in [3.8, 4) is 11.5 Å². The molecule has 1 rings (SSSR count). The number of hydrogen-bond donors (Lipinski definition) is 2. The summed E-state index contributed by atoms with van der Waals surface area (Å²) in [7, 11) is 1.38. The highest BCUT2D eigenvalue weighted by Crippen LogP contribution is 2.31. The molecular weight excluding hydrogens is 210 g/mol. The molecule has 0 saturated heterocycles. The maximum absolute atomic E-state index is 11.5. The lowest BCUT2D eigenvalue weighted by molar-refractivity contribution is 0.0550. The summed E-state index contributed by atoms with van der Waals surface area (Å²) in [5.41, 5.74) is 5.86. The fraction of sp³-hybridized carbons (Fsp3) is 0.182. The Bertz CT molecular complexity index is 415. The lowest BCUT2D eigenvalue weighted by atomic mass is 10.1. The minimum atomic E-state index is -0.587. The molecule has 1 aromatic rings. The molecular formula is C11H13NO4. The van der Waals surface area contributed by atoms with Crippen LogP contribution in [0.25, 0.3) is 0 Å². The Morgan fingerprint density at radius 1 is 1.62 bits per heavy atom. The first kappa shape index (κ1) is 11.9. The molecule has 0 bridgehead atoms. The summed E-state index contributed by atoms with van der Waals surface area (Å²) in [5.74, 6) is -0.546. The first-order valence-corrected chi connectivity index (χ1v) is 4.54. The fourth-order valence-corrected chi connectivity index (χ4v) is 1.14. The molecule has 1 aromatic carbocycles. The Morgan fingerprint density at radius 3 is 2.88 bits per heavy atom. The maximum atomic E-state index is 11.5. The van der Waals surface area contributed by atoms with Crippen molar-refractivity contribution < 1.29 is 19.4 Å². The summed E-state index contributed by atoms with van der Waals surface area (Å²) in [6.45, 7) is 3.52. The molecule has 0 aliphatic rings. The van der Waals surface area contributed by atoms with Gasteiger partial charge in [0.15, 0.2) is 11.5 Å². The largest absolute Gasteiger partial charge is 0.504 e. The number of esters is 1. The molecule has 0 unspecified atom stereocenters. The summed E-state index contributed by atoms with van der Waals surface area (Å²) in [4.78, 5) is 11.5. The first-order chi connectivity index (χ1) is 7.60. The molecule has 16 heavy (non-hydrogen) atoms. The van der Waals surface area contributed by atoms with Gasteiger partial charge in [0.2, 0.25) is 0 Å². The Balaban J connectivity index is 3.03. The van der Waals surface area contributed by atoms with E-state index >= 15 is 0 Å². The van der Waals surface area contributed by atoms with E-state index in [0.29, 0.717) is 0 Å². The van der Waals surface area contributed by atoms with Crippen LogP contribution in [0.4, 0.5) is 5.69 Å². The molecule has 0 saturated carbocycles. The van der Waals surface area contributed by atoms with Gasteiger partial charge in [0.25, 0.3) is 0 Å². The predicted octanol–water partition coefficient (Wildman–Crippen LogP) is 1.33. The van der Waals surface area contributed by atoms with E-state index in [9.17, 15) is 9.90 Å². The Labute approximate surface area is 93.1 Å². The second kappa shape index (κ2) is 5.06. The molecule has 5 nitrogen and oxygen atoms in total. The number of carbonyl (C=O) groups is 1. The zero-order valence-electron chi connectivity index (χ0n) is 8.90. The van der Waals surface area contributed by atoms with Crippen molar-refractivity contribution in [2.24, 2.45) is 0 Å². The molecule has 0 spiro atoms. The van der Waals surface area contributed by atoms with Gasteiger partial charge in [0.05, 0.1) is 18.4 Å². The normalized spacial score (nSPS) is 9.56. The number of aromatic hydroxyl groups is 1. The Morgan fingerprint density at radius 2 is 2.31 bits per heavy atom. The number of carbonyl (C=O) groups excluding carboxylic acids is 1. The predicted molar refractivity (Wildman–Crippen MR) is 59.6 cm³/mol. The molecule has 0 heterocycles. The quantitative estimate of drug-likeness (QED) is 0.457. The lowest BCUT2D eigenvalue weighted by Gasteiger charge is -2.09. The number of ether oxygens (including phenoxy) is 2. The number of phenolic OH excluding ortho intramolecular Hbond substituents is 1. The minimum Gasteiger partial charge on any atom is -0.504 e. The van der Waals surface area contributed by atoms with Crippen molar-refractivity contribution in [2.45, 2.75) is 0 Å². The van der Waals surface area contributed by atoms with Gasteiger partial charge in [-0.15, -0.1) is 0 Å². The van der Waals surface area contributed by atoms with Crippen LogP contribution in [0, 0.1) is 0 Å². The smallest absolute Gasteiger partial charge is 0.340 e. The monoisotopic (exact) mass is 223 g/mol. The molecule has 3 N–H and O–H groups in total. The number of benzene rings is 1. The van der Waals surface area contributed by atoms with Gasteiger partial charge in [-0.1, -0.05) is 12.7 Å². The number of phenols is 1. The van der Waals surface area contributed by atoms with Gasteiger partial charge in [0, 0.05) is 12.1 Å². The van der Waals surface area contributed by atoms with Crippen LogP contribution in [0.1, 0.15) is 10.4 Å². The van der Waals surface area contributed by atoms with Crippen LogP contribution in [-0.2, 0) is 4.74 Å². The summed E-state index contributed by atoms with van der Waals surface area (Å²) in [6.07, 6.45) is 1.45. The third-order valence-corrected chi connectivity index (χ3v) is 1.90. The fourth-order valence-electron chi connectivity index (χ4n) is 1.14. The maximum Gasteiger partial charge on any atom is 0.340 e. The van der Waals surface area contributed by atoms with Gasteiger partial charge in [-0.25, -0.2) is 4.79 Å². The van der Waals surface area contributed by atoms with Crippen molar-refractivity contribution in [1.82, 2.24) is 0 Å². The average Bonchev–Trinajstić information content (AvgIpc) is 2.26. The SMILES string of the molecule is C=CCOC(=O)c1cc(OC)c(O)cc1N. The Kier molecular flexibility index (Phi) is 3.77. The second-order valence-electron chi connectivity index (χ2n) is 3.00. The van der Waals surface area contributed by atoms with Crippen LogP contribution in [-0.4, -0.2) is 24.8 Å². The van der Waals surface area contributed by atoms with E-state index in [1.165, 1.54) is 25.3 Å². The highest BCUT2D eigenvalue weighted by Gasteiger charge is 2.15. The van der Waals surface area contributed by atoms with E-state index in [4.69, 9.17) is 15.2 Å². The van der Waals surface area contributed by atoms with E-state index in [2.05, 4.69) is 6.58 Å². The number of anilines is 1. The topological polar surface area (TPSA) is 81.8 Å². The highest BCUT2D eigenvalue weighted by atomic mass is 16.5. The molecule has 0 aliphatic carbocycles. The third kappa shape index (κ3) is 2.44. The van der Waals surface area contributed by atoms with E-state index in [1.807, 2.05) is 0 Å². The van der Waals surface area contributed by atoms with Gasteiger partial charge >= 0.3 is 5.97 Å². The molecule has 5 heteroatoms. The van der Waals surface area contributed by atoms with E-state index < -0.39 is 5.97 Å². The number of nitrogens with two attached hydrogens (primary N) is 1. The van der Waals surface area contributed by atoms with Gasteiger partial charge in [0.1, 0.15) is 6.61 Å². The lowest BCUT2D eigenvalue weighted by Crippen LogP contribution is -2.08. The van der Waals surface area contributed by atoms with Crippen LogP contribution in [0.3, 0.4) is 0 Å². The zero-order valence-corrected chi connectivity index (χ0v) is 8.90. The molecule has 86 valence electrons. The van der Waals surface area contributed by atoms with Crippen LogP contribution in [0.2, 0.25) is 0 Å². The third-order valence-electron chi connectivity index (χ3n) is 1.90. The van der Waals surface area contributed by atoms with E-state index in [-0.39, 0.29) is 29.4 Å². The van der Waals surface area contributed by atoms with Crippen LogP contribution in [0.15, 0.2) is 24.8 Å². The molecule has 0 aromatic heterocycles. The van der Waals surface area contributed by atoms with Gasteiger partial charge < -0.3 is 20.3 Å². The molecule has 0 amide bonds. The number of methoxy groups -OCH3 is 1. The van der Waals surface area contributed by atoms with Crippen molar-refractivity contribution in [3.63, 3.8) is 0 Å². The van der Waals surface area contributed by atoms with Crippen molar-refractivity contribution in [1.29, 1.82) is 0 Å². The van der Waals surface area contributed by atoms with Gasteiger partial charge in [-0.05, 0) is 0 Å². The van der Waals surface area contributed by atoms with E-state index in [0.717, 1.165) is 0 Å². The summed E-state index contributed by atoms with van der Waals surface area (Å²) in [5, 5.41) is 9.40.